The van der Waals surface area contributed by atoms with Crippen LogP contribution in [0.2, 0.25) is 0 Å². The molecule has 0 bridgehead atoms. The summed E-state index contributed by atoms with van der Waals surface area (Å²) in [5, 5.41) is 8.98. The zero-order chi connectivity index (χ0) is 27.5. The maximum Gasteiger partial charge on any atom is 0.303 e. The average Bonchev–Trinajstić information content (AvgIpc) is 2.94. The summed E-state index contributed by atoms with van der Waals surface area (Å²) in [6, 6.07) is 30.6. The van der Waals surface area contributed by atoms with E-state index in [1.807, 2.05) is 104 Å². The van der Waals surface area contributed by atoms with Gasteiger partial charge in [0.05, 0.1) is 12.7 Å². The molecule has 0 radical (unpaired) electrons. The van der Waals surface area contributed by atoms with Crippen molar-refractivity contribution in [2.45, 2.75) is 45.6 Å². The average molecular weight is 527 g/mol. The van der Waals surface area contributed by atoms with Crippen molar-refractivity contribution in [3.63, 3.8) is 0 Å². The Hall–Kier alpha value is -4.45. The molecule has 1 N–H and O–H groups in total. The molecule has 4 rings (SSSR count). The van der Waals surface area contributed by atoms with Crippen LogP contribution in [0.25, 0.3) is 0 Å². The summed E-state index contributed by atoms with van der Waals surface area (Å²) >= 11 is 0. The molecule has 6 nitrogen and oxygen atoms in total. The lowest BCUT2D eigenvalue weighted by Gasteiger charge is -2.19. The first-order chi connectivity index (χ1) is 19.0. The molecule has 0 saturated heterocycles. The maximum atomic E-state index is 10.9. The Labute approximate surface area is 229 Å². The van der Waals surface area contributed by atoms with Crippen molar-refractivity contribution in [2.75, 3.05) is 6.61 Å². The Bertz CT molecular complexity index is 1340. The summed E-state index contributed by atoms with van der Waals surface area (Å²) < 4.78 is 24.4. The Morgan fingerprint density at radius 2 is 1.41 bits per heavy atom. The van der Waals surface area contributed by atoms with Gasteiger partial charge in [-0.25, -0.2) is 0 Å². The first-order valence-corrected chi connectivity index (χ1v) is 13.2. The van der Waals surface area contributed by atoms with Crippen molar-refractivity contribution < 1.29 is 28.8 Å². The smallest absolute Gasteiger partial charge is 0.303 e. The van der Waals surface area contributed by atoms with Crippen LogP contribution in [0.5, 0.6) is 34.5 Å². The van der Waals surface area contributed by atoms with E-state index in [1.165, 1.54) is 0 Å². The number of para-hydroxylation sites is 2. The minimum absolute atomic E-state index is 0.122. The highest BCUT2D eigenvalue weighted by Gasteiger charge is 2.14. The summed E-state index contributed by atoms with van der Waals surface area (Å²) in [5.74, 6) is 3.25. The third kappa shape index (κ3) is 8.54. The van der Waals surface area contributed by atoms with Gasteiger partial charge in [0.25, 0.3) is 0 Å². The Morgan fingerprint density at radius 1 is 0.744 bits per heavy atom. The van der Waals surface area contributed by atoms with E-state index in [1.54, 1.807) is 0 Å². The predicted molar refractivity (Wildman–Crippen MR) is 151 cm³/mol. The zero-order valence-corrected chi connectivity index (χ0v) is 22.3. The number of carboxylic acids is 1. The van der Waals surface area contributed by atoms with Crippen molar-refractivity contribution in [3.05, 3.63) is 108 Å². The van der Waals surface area contributed by atoms with Crippen LogP contribution in [0.15, 0.2) is 97.1 Å². The Morgan fingerprint density at radius 3 is 2.08 bits per heavy atom. The van der Waals surface area contributed by atoms with E-state index in [0.717, 1.165) is 29.0 Å². The van der Waals surface area contributed by atoms with Gasteiger partial charge in [-0.05, 0) is 79.4 Å². The van der Waals surface area contributed by atoms with E-state index in [9.17, 15) is 4.79 Å². The van der Waals surface area contributed by atoms with Crippen molar-refractivity contribution in [1.29, 1.82) is 0 Å². The van der Waals surface area contributed by atoms with Gasteiger partial charge in [-0.2, -0.15) is 0 Å². The van der Waals surface area contributed by atoms with Gasteiger partial charge < -0.3 is 24.1 Å². The van der Waals surface area contributed by atoms with E-state index in [-0.39, 0.29) is 12.5 Å². The first kappa shape index (κ1) is 27.6. The van der Waals surface area contributed by atoms with Gasteiger partial charge in [0.1, 0.15) is 23.0 Å². The third-order valence-corrected chi connectivity index (χ3v) is 6.15. The third-order valence-electron chi connectivity index (χ3n) is 6.15. The molecule has 0 heterocycles. The van der Waals surface area contributed by atoms with Gasteiger partial charge in [-0.1, -0.05) is 49.4 Å². The van der Waals surface area contributed by atoms with Gasteiger partial charge in [0.15, 0.2) is 11.5 Å². The summed E-state index contributed by atoms with van der Waals surface area (Å²) in [5.41, 5.74) is 2.16. The van der Waals surface area contributed by atoms with E-state index in [2.05, 4.69) is 6.92 Å². The van der Waals surface area contributed by atoms with Gasteiger partial charge in [-0.3, -0.25) is 4.79 Å². The fraction of sp³-hybridized carbons (Fsp3) is 0.242. The summed E-state index contributed by atoms with van der Waals surface area (Å²) in [6.45, 7) is 4.53. The van der Waals surface area contributed by atoms with Crippen molar-refractivity contribution in [3.8, 4) is 34.5 Å². The van der Waals surface area contributed by atoms with Crippen LogP contribution >= 0.6 is 0 Å². The molecule has 0 fully saturated rings. The molecular formula is C33H34O6. The van der Waals surface area contributed by atoms with Crippen molar-refractivity contribution in [2.24, 2.45) is 0 Å². The molecule has 0 amide bonds. The fourth-order valence-corrected chi connectivity index (χ4v) is 4.09. The lowest BCUT2D eigenvalue weighted by atomic mass is 10.0. The Balaban J connectivity index is 1.39. The van der Waals surface area contributed by atoms with Crippen LogP contribution in [0, 0.1) is 0 Å². The van der Waals surface area contributed by atoms with Crippen LogP contribution < -0.4 is 18.9 Å². The molecule has 0 aliphatic rings. The van der Waals surface area contributed by atoms with Crippen LogP contribution in [-0.2, 0) is 17.6 Å². The number of aryl methyl sites for hydroxylation is 2. The molecule has 0 spiro atoms. The second-order valence-electron chi connectivity index (χ2n) is 9.18. The first-order valence-electron chi connectivity index (χ1n) is 13.2. The van der Waals surface area contributed by atoms with Crippen molar-refractivity contribution in [1.82, 2.24) is 0 Å². The lowest BCUT2D eigenvalue weighted by molar-refractivity contribution is -0.136. The predicted octanol–water partition coefficient (Wildman–Crippen LogP) is 8.09. The molecule has 0 aliphatic heterocycles. The summed E-state index contributed by atoms with van der Waals surface area (Å²) in [6.07, 6.45) is 1.99. The molecule has 4 aromatic rings. The number of hydrogen-bond donors (Lipinski definition) is 1. The van der Waals surface area contributed by atoms with Crippen molar-refractivity contribution >= 4 is 5.97 Å². The van der Waals surface area contributed by atoms with Gasteiger partial charge in [0, 0.05) is 18.9 Å². The fourth-order valence-electron chi connectivity index (χ4n) is 4.09. The minimum Gasteiger partial charge on any atom is -0.493 e. The highest BCUT2D eigenvalue weighted by Crippen LogP contribution is 2.37. The second-order valence-corrected chi connectivity index (χ2v) is 9.18. The lowest BCUT2D eigenvalue weighted by Crippen LogP contribution is -2.16. The van der Waals surface area contributed by atoms with Crippen LogP contribution in [0.1, 0.15) is 37.8 Å². The number of ether oxygens (including phenoxy) is 4. The van der Waals surface area contributed by atoms with Gasteiger partial charge >= 0.3 is 5.97 Å². The number of hydrogen-bond acceptors (Lipinski definition) is 5. The topological polar surface area (TPSA) is 74.2 Å². The number of carboxylic acid groups (broad SMARTS) is 1. The van der Waals surface area contributed by atoms with Gasteiger partial charge in [-0.15, -0.1) is 0 Å². The second kappa shape index (κ2) is 13.9. The van der Waals surface area contributed by atoms with E-state index >= 15 is 0 Å². The summed E-state index contributed by atoms with van der Waals surface area (Å²) in [4.78, 5) is 10.9. The molecule has 1 unspecified atom stereocenters. The van der Waals surface area contributed by atoms with Crippen LogP contribution in [0.3, 0.4) is 0 Å². The van der Waals surface area contributed by atoms with E-state index in [4.69, 9.17) is 24.1 Å². The Kier molecular flexibility index (Phi) is 9.84. The molecular weight excluding hydrogens is 492 g/mol. The molecule has 4 aromatic carbocycles. The monoisotopic (exact) mass is 526 g/mol. The molecule has 0 saturated carbocycles. The quantitative estimate of drug-likeness (QED) is 0.179. The molecule has 39 heavy (non-hydrogen) atoms. The minimum atomic E-state index is -0.790. The molecule has 0 aromatic heterocycles. The van der Waals surface area contributed by atoms with Gasteiger partial charge in [0.2, 0.25) is 0 Å². The molecule has 0 aliphatic carbocycles. The summed E-state index contributed by atoms with van der Waals surface area (Å²) in [7, 11) is 0. The number of aliphatic carboxylic acids is 1. The number of rotatable bonds is 14. The number of carbonyl (C=O) groups is 1. The maximum absolute atomic E-state index is 10.9. The van der Waals surface area contributed by atoms with E-state index in [0.29, 0.717) is 42.4 Å². The highest BCUT2D eigenvalue weighted by atomic mass is 16.5. The van der Waals surface area contributed by atoms with Crippen LogP contribution in [-0.4, -0.2) is 23.8 Å². The normalized spacial score (nSPS) is 11.4. The highest BCUT2D eigenvalue weighted by molar-refractivity contribution is 5.67. The molecule has 1 atom stereocenters. The largest absolute Gasteiger partial charge is 0.493 e. The standard InChI is InChI=1S/C33H34O6/c1-3-25-22-29(16-14-26(25)15-19-33(34)35)36-21-20-24(2)37-31-18-17-30(38-27-10-6-4-7-11-27)23-32(31)39-28-12-8-5-9-13-28/h4-14,16-18,22-24H,3,15,19-21H2,1-2H3,(H,34,35). The van der Waals surface area contributed by atoms with E-state index < -0.39 is 5.97 Å². The van der Waals surface area contributed by atoms with Crippen LogP contribution in [0.4, 0.5) is 0 Å². The molecule has 202 valence electrons. The molecule has 6 heteroatoms. The SMILES string of the molecule is CCc1cc(OCCC(C)Oc2ccc(Oc3ccccc3)cc2Oc2ccccc2)ccc1CCC(=O)O. The zero-order valence-electron chi connectivity index (χ0n) is 22.3. The number of benzene rings is 4.